The lowest BCUT2D eigenvalue weighted by Crippen LogP contribution is -2.40. The lowest BCUT2D eigenvalue weighted by Gasteiger charge is -2.37. The Morgan fingerprint density at radius 1 is 1.03 bits per heavy atom. The van der Waals surface area contributed by atoms with Gasteiger partial charge in [-0.05, 0) is 73.7 Å². The van der Waals surface area contributed by atoms with Crippen LogP contribution in [0, 0.1) is 6.92 Å². The molecule has 7 heteroatoms. The fraction of sp³-hybridized carbons (Fsp3) is 0.600. The van der Waals surface area contributed by atoms with Gasteiger partial charge in [0, 0.05) is 17.1 Å². The van der Waals surface area contributed by atoms with Crippen LogP contribution in [0.25, 0.3) is 10.9 Å². The molecule has 2 fully saturated rings. The fourth-order valence-corrected chi connectivity index (χ4v) is 5.75. The number of aromatic nitrogens is 5. The predicted octanol–water partition coefficient (Wildman–Crippen LogP) is 4.68. The Bertz CT molecular complexity index is 1120. The molecule has 170 valence electrons. The molecule has 0 amide bonds. The molecule has 0 radical (unpaired) electrons. The monoisotopic (exact) mass is 434 g/mol. The highest BCUT2D eigenvalue weighted by atomic mass is 16.1. The summed E-state index contributed by atoms with van der Waals surface area (Å²) < 4.78 is 2.03. The van der Waals surface area contributed by atoms with E-state index < -0.39 is 0 Å². The zero-order valence-corrected chi connectivity index (χ0v) is 19.3. The molecular weight excluding hydrogens is 400 g/mol. The van der Waals surface area contributed by atoms with Crippen LogP contribution in [0.3, 0.4) is 0 Å². The number of nitrogens with one attached hydrogen (secondary N) is 1. The molecule has 2 aliphatic carbocycles. The number of rotatable bonds is 5. The number of nitrogens with zero attached hydrogens (tertiary/aromatic N) is 5. The van der Waals surface area contributed by atoms with Crippen LogP contribution in [-0.4, -0.2) is 43.2 Å². The second-order valence-corrected chi connectivity index (χ2v) is 9.78. The number of H-pyrrole nitrogens is 1. The van der Waals surface area contributed by atoms with Gasteiger partial charge in [0.25, 0.3) is 5.56 Å². The average molecular weight is 435 g/mol. The standard InChI is InChI=1S/C25H34N6O/c1-17-13-14-22-18(15-17)16-21(25(32)26-22)23(30(2)19-9-5-3-6-10-19)24-27-28-29-31(24)20-11-7-4-8-12-20/h13-16,19-20,23H,3-12H2,1-2H3,(H,26,32)/t23-/m1/s1. The van der Waals surface area contributed by atoms with E-state index in [0.29, 0.717) is 12.1 Å². The van der Waals surface area contributed by atoms with Crippen LogP contribution in [0.1, 0.15) is 93.2 Å². The maximum atomic E-state index is 13.4. The van der Waals surface area contributed by atoms with Gasteiger partial charge in [-0.15, -0.1) is 5.10 Å². The molecule has 2 heterocycles. The third-order valence-electron chi connectivity index (χ3n) is 7.56. The van der Waals surface area contributed by atoms with Gasteiger partial charge < -0.3 is 4.98 Å². The minimum absolute atomic E-state index is 0.0489. The molecule has 3 aromatic rings. The predicted molar refractivity (Wildman–Crippen MR) is 126 cm³/mol. The van der Waals surface area contributed by atoms with Crippen molar-refractivity contribution < 1.29 is 0 Å². The number of hydrogen-bond donors (Lipinski definition) is 1. The third-order valence-corrected chi connectivity index (χ3v) is 7.56. The summed E-state index contributed by atoms with van der Waals surface area (Å²) in [6.07, 6.45) is 12.0. The normalized spacial score (nSPS) is 19.6. The highest BCUT2D eigenvalue weighted by Gasteiger charge is 2.34. The summed E-state index contributed by atoms with van der Waals surface area (Å²) in [6.45, 7) is 2.08. The average Bonchev–Trinajstić information content (AvgIpc) is 3.30. The first-order chi connectivity index (χ1) is 15.6. The van der Waals surface area contributed by atoms with Crippen molar-refractivity contribution in [3.05, 3.63) is 51.6 Å². The van der Waals surface area contributed by atoms with Crippen molar-refractivity contribution in [3.63, 3.8) is 0 Å². The van der Waals surface area contributed by atoms with E-state index in [1.54, 1.807) is 0 Å². The van der Waals surface area contributed by atoms with Crippen molar-refractivity contribution in [1.29, 1.82) is 0 Å². The molecule has 1 N–H and O–H groups in total. The van der Waals surface area contributed by atoms with Crippen molar-refractivity contribution in [2.45, 2.75) is 89.3 Å². The molecule has 0 unspecified atom stereocenters. The summed E-state index contributed by atoms with van der Waals surface area (Å²) in [7, 11) is 2.15. The molecule has 2 aromatic heterocycles. The van der Waals surface area contributed by atoms with Gasteiger partial charge in [0.2, 0.25) is 0 Å². The number of aryl methyl sites for hydroxylation is 1. The van der Waals surface area contributed by atoms with Crippen molar-refractivity contribution in [3.8, 4) is 0 Å². The van der Waals surface area contributed by atoms with Crippen LogP contribution in [0.5, 0.6) is 0 Å². The lowest BCUT2D eigenvalue weighted by atomic mass is 9.91. The second-order valence-electron chi connectivity index (χ2n) is 9.78. The molecule has 0 bridgehead atoms. The van der Waals surface area contributed by atoms with Crippen molar-refractivity contribution in [2.75, 3.05) is 7.05 Å². The maximum absolute atomic E-state index is 13.4. The molecule has 0 aliphatic heterocycles. The maximum Gasteiger partial charge on any atom is 0.253 e. The van der Waals surface area contributed by atoms with Crippen molar-refractivity contribution >= 4 is 10.9 Å². The highest BCUT2D eigenvalue weighted by Crippen LogP contribution is 2.35. The summed E-state index contributed by atoms with van der Waals surface area (Å²) in [5, 5.41) is 14.1. The van der Waals surface area contributed by atoms with E-state index in [-0.39, 0.29) is 11.6 Å². The largest absolute Gasteiger partial charge is 0.322 e. The first-order valence-electron chi connectivity index (χ1n) is 12.2. The quantitative estimate of drug-likeness (QED) is 0.631. The van der Waals surface area contributed by atoms with Gasteiger partial charge in [-0.2, -0.15) is 0 Å². The zero-order valence-electron chi connectivity index (χ0n) is 19.3. The molecule has 1 atom stereocenters. The number of tetrazole rings is 1. The van der Waals surface area contributed by atoms with E-state index in [2.05, 4.69) is 51.5 Å². The number of benzene rings is 1. The summed E-state index contributed by atoms with van der Waals surface area (Å²) in [5.74, 6) is 0.808. The number of pyridine rings is 1. The van der Waals surface area contributed by atoms with Crippen LogP contribution < -0.4 is 5.56 Å². The molecule has 7 nitrogen and oxygen atoms in total. The number of aromatic amines is 1. The first kappa shape index (κ1) is 21.3. The van der Waals surface area contributed by atoms with Crippen LogP contribution >= 0.6 is 0 Å². The highest BCUT2D eigenvalue weighted by molar-refractivity contribution is 5.79. The van der Waals surface area contributed by atoms with Gasteiger partial charge >= 0.3 is 0 Å². The molecule has 0 saturated heterocycles. The van der Waals surface area contributed by atoms with Gasteiger partial charge in [-0.25, -0.2) is 4.68 Å². The van der Waals surface area contributed by atoms with Crippen LogP contribution in [0.4, 0.5) is 0 Å². The Morgan fingerprint density at radius 3 is 2.50 bits per heavy atom. The van der Waals surface area contributed by atoms with E-state index in [4.69, 9.17) is 0 Å². The number of hydrogen-bond acceptors (Lipinski definition) is 5. The lowest BCUT2D eigenvalue weighted by molar-refractivity contribution is 0.145. The van der Waals surface area contributed by atoms with Crippen LogP contribution in [0.2, 0.25) is 0 Å². The third kappa shape index (κ3) is 4.10. The van der Waals surface area contributed by atoms with E-state index in [9.17, 15) is 4.79 Å². The van der Waals surface area contributed by atoms with Gasteiger partial charge in [0.05, 0.1) is 6.04 Å². The molecule has 1 aromatic carbocycles. The summed E-state index contributed by atoms with van der Waals surface area (Å²) in [6, 6.07) is 8.70. The molecule has 0 spiro atoms. The molecule has 32 heavy (non-hydrogen) atoms. The van der Waals surface area contributed by atoms with E-state index in [1.807, 2.05) is 16.8 Å². The molecule has 5 rings (SSSR count). The van der Waals surface area contributed by atoms with Gasteiger partial charge in [0.15, 0.2) is 5.82 Å². The van der Waals surface area contributed by atoms with Gasteiger partial charge in [-0.1, -0.05) is 50.2 Å². The van der Waals surface area contributed by atoms with E-state index in [0.717, 1.165) is 48.0 Å². The topological polar surface area (TPSA) is 79.7 Å². The summed E-state index contributed by atoms with van der Waals surface area (Å²) in [5.41, 5.74) is 2.74. The Hall–Kier alpha value is -2.54. The second kappa shape index (κ2) is 9.14. The minimum atomic E-state index is -0.260. The SMILES string of the molecule is Cc1ccc2[nH]c(=O)c([C@H](c3nnnn3C3CCCCC3)N(C)C3CCCCC3)cc2c1. The Balaban J connectivity index is 1.63. The van der Waals surface area contributed by atoms with Gasteiger partial charge in [0.1, 0.15) is 6.04 Å². The summed E-state index contributed by atoms with van der Waals surface area (Å²) in [4.78, 5) is 18.9. The Labute approximate surface area is 189 Å². The zero-order chi connectivity index (χ0) is 22.1. The van der Waals surface area contributed by atoms with Crippen LogP contribution in [-0.2, 0) is 0 Å². The van der Waals surface area contributed by atoms with Crippen LogP contribution in [0.15, 0.2) is 29.1 Å². The minimum Gasteiger partial charge on any atom is -0.322 e. The molecule has 2 aliphatic rings. The molecular formula is C25H34N6O. The van der Waals surface area contributed by atoms with Crippen molar-refractivity contribution in [2.24, 2.45) is 0 Å². The first-order valence-corrected chi connectivity index (χ1v) is 12.2. The number of fused-ring (bicyclic) bond motifs is 1. The van der Waals surface area contributed by atoms with E-state index >= 15 is 0 Å². The Kier molecular flexibility index (Phi) is 6.09. The molecule has 2 saturated carbocycles. The smallest absolute Gasteiger partial charge is 0.253 e. The Morgan fingerprint density at radius 2 is 1.75 bits per heavy atom. The van der Waals surface area contributed by atoms with E-state index in [1.165, 1.54) is 44.1 Å². The van der Waals surface area contributed by atoms with Gasteiger partial charge in [-0.3, -0.25) is 9.69 Å². The summed E-state index contributed by atoms with van der Waals surface area (Å²) >= 11 is 0. The fourth-order valence-electron chi connectivity index (χ4n) is 5.75. The van der Waals surface area contributed by atoms with Crippen molar-refractivity contribution in [1.82, 2.24) is 30.1 Å².